The zero-order chi connectivity index (χ0) is 23.1. The maximum Gasteiger partial charge on any atom is 0.303 e. The number of hydrogen-bond acceptors (Lipinski definition) is 3. The Labute approximate surface area is 183 Å². The van der Waals surface area contributed by atoms with Gasteiger partial charge in [-0.25, -0.2) is 0 Å². The van der Waals surface area contributed by atoms with Gasteiger partial charge < -0.3 is 14.0 Å². The van der Waals surface area contributed by atoms with Gasteiger partial charge in [-0.05, 0) is 49.1 Å². The molecule has 2 atom stereocenters. The summed E-state index contributed by atoms with van der Waals surface area (Å²) in [5, 5.41) is 9.53. The number of hydrogen-bond donors (Lipinski definition) is 1. The molecule has 1 N–H and O–H groups in total. The Morgan fingerprint density at radius 2 is 1.21 bits per heavy atom. The van der Waals surface area contributed by atoms with Crippen molar-refractivity contribution < 1.29 is 18.8 Å². The van der Waals surface area contributed by atoms with E-state index < -0.39 is 22.6 Å². The maximum atomic E-state index is 11.4. The van der Waals surface area contributed by atoms with Gasteiger partial charge in [0.25, 0.3) is 0 Å². The Kier molecular flexibility index (Phi) is 11.4. The smallest absolute Gasteiger partial charge is 0.303 e. The molecule has 0 radical (unpaired) electrons. The van der Waals surface area contributed by atoms with Crippen LogP contribution in [0.1, 0.15) is 93.4 Å². The topological polar surface area (TPSA) is 55.8 Å². The average molecular weight is 447 g/mol. The number of aliphatic carboxylic acids is 1. The number of rotatable bonds is 13. The third kappa shape index (κ3) is 10.1. The monoisotopic (exact) mass is 446 g/mol. The molecule has 0 aromatic carbocycles. The zero-order valence-electron chi connectivity index (χ0n) is 21.3. The minimum atomic E-state index is -2.04. The lowest BCUT2D eigenvalue weighted by Gasteiger charge is -2.45. The lowest BCUT2D eigenvalue weighted by Crippen LogP contribution is -2.52. The SMILES string of the molecule is CCCCCC[C@@H](O[Si](C)(C)C(C)(C)C)[C@@H](CCC(=O)O)O[Si](C)(C)C(C)(C)C. The Balaban J connectivity index is 5.74. The average Bonchev–Trinajstić information content (AvgIpc) is 2.51. The second-order valence-corrected chi connectivity index (χ2v) is 21.1. The van der Waals surface area contributed by atoms with Crippen LogP contribution in [0.25, 0.3) is 0 Å². The molecule has 0 bridgehead atoms. The Morgan fingerprint density at radius 1 is 0.793 bits per heavy atom. The van der Waals surface area contributed by atoms with Crippen LogP contribution in [0.15, 0.2) is 0 Å². The van der Waals surface area contributed by atoms with E-state index in [1.807, 2.05) is 0 Å². The molecule has 0 aromatic heterocycles. The standard InChI is InChI=1S/C23H50O4Si2/c1-12-13-14-15-16-19(26-28(8,9)22(2,3)4)20(17-18-21(24)25)27-29(10,11)23(5,6)7/h19-20H,12-18H2,1-11H3,(H,24,25)/t19-,20-/m1/s1. The number of carbonyl (C=O) groups is 1. The van der Waals surface area contributed by atoms with Crippen molar-refractivity contribution in [1.29, 1.82) is 0 Å². The molecule has 0 amide bonds. The summed E-state index contributed by atoms with van der Waals surface area (Å²) in [7, 11) is -4.02. The molecule has 0 spiro atoms. The summed E-state index contributed by atoms with van der Waals surface area (Å²) in [6.45, 7) is 24.8. The highest BCUT2D eigenvalue weighted by molar-refractivity contribution is 6.74. The van der Waals surface area contributed by atoms with Gasteiger partial charge in [0, 0.05) is 6.42 Å². The van der Waals surface area contributed by atoms with E-state index in [1.54, 1.807) is 0 Å². The molecular weight excluding hydrogens is 396 g/mol. The molecule has 174 valence electrons. The summed E-state index contributed by atoms with van der Waals surface area (Å²) in [6, 6.07) is 0. The van der Waals surface area contributed by atoms with Crippen molar-refractivity contribution in [3.05, 3.63) is 0 Å². The highest BCUT2D eigenvalue weighted by Crippen LogP contribution is 2.41. The molecule has 6 heteroatoms. The molecule has 29 heavy (non-hydrogen) atoms. The highest BCUT2D eigenvalue weighted by Gasteiger charge is 2.44. The molecule has 0 saturated heterocycles. The molecule has 0 aliphatic heterocycles. The molecule has 0 heterocycles. The largest absolute Gasteiger partial charge is 0.481 e. The van der Waals surface area contributed by atoms with Gasteiger partial charge in [0.2, 0.25) is 0 Å². The van der Waals surface area contributed by atoms with Crippen LogP contribution in [-0.2, 0) is 13.6 Å². The fraction of sp³-hybridized carbons (Fsp3) is 0.957. The summed E-state index contributed by atoms with van der Waals surface area (Å²) in [5.74, 6) is -0.758. The highest BCUT2D eigenvalue weighted by atomic mass is 28.4. The molecular formula is C23H50O4Si2. The van der Waals surface area contributed by atoms with Gasteiger partial charge >= 0.3 is 5.97 Å². The van der Waals surface area contributed by atoms with Gasteiger partial charge in [-0.1, -0.05) is 74.1 Å². The Hall–Kier alpha value is -0.176. The summed E-state index contributed by atoms with van der Waals surface area (Å²) in [6.07, 6.45) is 6.17. The first kappa shape index (κ1) is 28.8. The van der Waals surface area contributed by atoms with Gasteiger partial charge in [0.15, 0.2) is 16.6 Å². The van der Waals surface area contributed by atoms with Gasteiger partial charge in [0.1, 0.15) is 0 Å². The summed E-state index contributed by atoms with van der Waals surface area (Å²) >= 11 is 0. The lowest BCUT2D eigenvalue weighted by atomic mass is 10.0. The summed E-state index contributed by atoms with van der Waals surface area (Å²) in [5.41, 5.74) is 0. The van der Waals surface area contributed by atoms with E-state index in [4.69, 9.17) is 8.85 Å². The van der Waals surface area contributed by atoms with Crippen LogP contribution >= 0.6 is 0 Å². The second kappa shape index (κ2) is 11.4. The van der Waals surface area contributed by atoms with Crippen LogP contribution in [0.3, 0.4) is 0 Å². The fourth-order valence-corrected chi connectivity index (χ4v) is 5.55. The predicted molar refractivity (Wildman–Crippen MR) is 130 cm³/mol. The fourth-order valence-electron chi connectivity index (χ4n) is 2.79. The van der Waals surface area contributed by atoms with Crippen molar-refractivity contribution in [2.45, 2.75) is 142 Å². The quantitative estimate of drug-likeness (QED) is 0.234. The third-order valence-corrected chi connectivity index (χ3v) is 15.9. The third-order valence-electron chi connectivity index (χ3n) is 6.90. The maximum absolute atomic E-state index is 11.4. The van der Waals surface area contributed by atoms with Gasteiger partial charge in [0.05, 0.1) is 12.2 Å². The molecule has 0 aromatic rings. The van der Waals surface area contributed by atoms with Crippen LogP contribution in [0.4, 0.5) is 0 Å². The van der Waals surface area contributed by atoms with Gasteiger partial charge in [-0.15, -0.1) is 0 Å². The van der Waals surface area contributed by atoms with E-state index in [9.17, 15) is 9.90 Å². The number of unbranched alkanes of at least 4 members (excludes halogenated alkanes) is 3. The normalized spacial score (nSPS) is 16.0. The Bertz CT molecular complexity index is 490. The molecule has 0 fully saturated rings. The summed E-state index contributed by atoms with van der Waals surface area (Å²) in [4.78, 5) is 11.4. The van der Waals surface area contributed by atoms with E-state index in [1.165, 1.54) is 19.3 Å². The second-order valence-electron chi connectivity index (χ2n) is 11.6. The van der Waals surface area contributed by atoms with E-state index >= 15 is 0 Å². The van der Waals surface area contributed by atoms with Crippen molar-refractivity contribution in [2.24, 2.45) is 0 Å². The first-order valence-corrected chi connectivity index (χ1v) is 17.3. The zero-order valence-corrected chi connectivity index (χ0v) is 23.3. The first-order valence-electron chi connectivity index (χ1n) is 11.5. The van der Waals surface area contributed by atoms with E-state index in [0.29, 0.717) is 6.42 Å². The van der Waals surface area contributed by atoms with Crippen molar-refractivity contribution >= 4 is 22.6 Å². The van der Waals surface area contributed by atoms with E-state index in [0.717, 1.165) is 12.8 Å². The molecule has 0 aliphatic rings. The van der Waals surface area contributed by atoms with Crippen molar-refractivity contribution in [3.8, 4) is 0 Å². The van der Waals surface area contributed by atoms with Crippen LogP contribution in [0.5, 0.6) is 0 Å². The van der Waals surface area contributed by atoms with Crippen molar-refractivity contribution in [2.75, 3.05) is 0 Å². The van der Waals surface area contributed by atoms with Crippen molar-refractivity contribution in [3.63, 3.8) is 0 Å². The molecule has 0 rings (SSSR count). The van der Waals surface area contributed by atoms with Crippen LogP contribution in [-0.4, -0.2) is 39.9 Å². The van der Waals surface area contributed by atoms with Crippen LogP contribution in [0.2, 0.25) is 36.3 Å². The van der Waals surface area contributed by atoms with E-state index in [2.05, 4.69) is 74.7 Å². The first-order chi connectivity index (χ1) is 12.9. The Morgan fingerprint density at radius 3 is 1.55 bits per heavy atom. The lowest BCUT2D eigenvalue weighted by molar-refractivity contribution is -0.137. The number of carboxylic acids is 1. The predicted octanol–water partition coefficient (Wildman–Crippen LogP) is 7.60. The minimum absolute atomic E-state index is 0.0266. The molecule has 0 unspecified atom stereocenters. The minimum Gasteiger partial charge on any atom is -0.481 e. The molecule has 0 aliphatic carbocycles. The molecule has 0 saturated carbocycles. The van der Waals surface area contributed by atoms with Crippen molar-refractivity contribution in [1.82, 2.24) is 0 Å². The molecule has 4 nitrogen and oxygen atoms in total. The van der Waals surface area contributed by atoms with Gasteiger partial charge in [-0.3, -0.25) is 4.79 Å². The number of carboxylic acid groups (broad SMARTS) is 1. The van der Waals surface area contributed by atoms with Gasteiger partial charge in [-0.2, -0.15) is 0 Å². The summed E-state index contributed by atoms with van der Waals surface area (Å²) < 4.78 is 13.7. The van der Waals surface area contributed by atoms with Crippen LogP contribution < -0.4 is 0 Å². The van der Waals surface area contributed by atoms with Crippen LogP contribution in [0, 0.1) is 0 Å². The van der Waals surface area contributed by atoms with E-state index in [-0.39, 0.29) is 28.7 Å².